The Balaban J connectivity index is 1.95. The van der Waals surface area contributed by atoms with Gasteiger partial charge in [0.1, 0.15) is 5.82 Å². The molecule has 7 heteroatoms. The van der Waals surface area contributed by atoms with E-state index in [0.717, 1.165) is 12.8 Å². The number of amides is 2. The van der Waals surface area contributed by atoms with E-state index in [1.165, 1.54) is 4.90 Å². The molecule has 1 aromatic rings. The van der Waals surface area contributed by atoms with Gasteiger partial charge in [0.05, 0.1) is 6.54 Å². The Hall–Kier alpha value is -1.92. The number of carbonyl (C=O) groups excluding carboxylic acids is 2. The van der Waals surface area contributed by atoms with Crippen LogP contribution in [0.15, 0.2) is 0 Å². The lowest BCUT2D eigenvalue weighted by atomic mass is 9.96. The lowest BCUT2D eigenvalue weighted by Gasteiger charge is -2.15. The van der Waals surface area contributed by atoms with Crippen LogP contribution in [0.25, 0.3) is 0 Å². The molecule has 1 aromatic heterocycles. The lowest BCUT2D eigenvalue weighted by molar-refractivity contribution is -0.121. The van der Waals surface area contributed by atoms with Crippen molar-refractivity contribution in [2.45, 2.75) is 45.1 Å². The number of hydrogen-bond acceptors (Lipinski definition) is 4. The van der Waals surface area contributed by atoms with E-state index in [0.29, 0.717) is 11.9 Å². The summed E-state index contributed by atoms with van der Waals surface area (Å²) in [7, 11) is 1.57. The Kier molecular flexibility index (Phi) is 3.78. The molecule has 1 aliphatic rings. The van der Waals surface area contributed by atoms with E-state index in [4.69, 9.17) is 0 Å². The monoisotopic (exact) mass is 279 g/mol. The van der Waals surface area contributed by atoms with Crippen LogP contribution in [-0.4, -0.2) is 51.5 Å². The highest BCUT2D eigenvalue weighted by Crippen LogP contribution is 2.19. The summed E-state index contributed by atoms with van der Waals surface area (Å²) in [5.74, 6) is 0.242. The third-order valence-corrected chi connectivity index (χ3v) is 3.06. The minimum atomic E-state index is -0.359. The Morgan fingerprint density at radius 3 is 2.55 bits per heavy atom. The van der Waals surface area contributed by atoms with Crippen molar-refractivity contribution in [1.29, 1.82) is 0 Å². The molecule has 0 aromatic carbocycles. The first-order valence-corrected chi connectivity index (χ1v) is 6.75. The number of nitrogens with zero attached hydrogens (tertiary/aromatic N) is 3. The van der Waals surface area contributed by atoms with Crippen LogP contribution >= 0.6 is 0 Å². The lowest BCUT2D eigenvalue weighted by Crippen LogP contribution is -2.39. The van der Waals surface area contributed by atoms with Crippen molar-refractivity contribution in [3.05, 3.63) is 11.6 Å². The van der Waals surface area contributed by atoms with E-state index in [1.807, 2.05) is 20.8 Å². The van der Waals surface area contributed by atoms with Gasteiger partial charge in [-0.1, -0.05) is 20.8 Å². The van der Waals surface area contributed by atoms with Crippen molar-refractivity contribution < 1.29 is 9.59 Å². The second-order valence-corrected chi connectivity index (χ2v) is 6.26. The molecule has 2 N–H and O–H groups in total. The van der Waals surface area contributed by atoms with Gasteiger partial charge in [-0.05, 0) is 12.8 Å². The fraction of sp³-hybridized carbons (Fsp3) is 0.692. The van der Waals surface area contributed by atoms with Crippen LogP contribution in [0.3, 0.4) is 0 Å². The van der Waals surface area contributed by atoms with E-state index >= 15 is 0 Å². The zero-order chi connectivity index (χ0) is 14.9. The Morgan fingerprint density at radius 1 is 1.40 bits per heavy atom. The first-order valence-electron chi connectivity index (χ1n) is 6.75. The minimum Gasteiger partial charge on any atom is -0.352 e. The molecule has 110 valence electrons. The summed E-state index contributed by atoms with van der Waals surface area (Å²) >= 11 is 0. The minimum absolute atomic E-state index is 0.0225. The maximum atomic E-state index is 12.1. The second kappa shape index (κ2) is 5.22. The van der Waals surface area contributed by atoms with Crippen LogP contribution in [0.5, 0.6) is 0 Å². The first-order chi connectivity index (χ1) is 9.27. The van der Waals surface area contributed by atoms with Gasteiger partial charge in [0, 0.05) is 18.5 Å². The molecule has 1 heterocycles. The van der Waals surface area contributed by atoms with Crippen molar-refractivity contribution in [3.8, 4) is 0 Å². The molecule has 0 spiro atoms. The molecule has 2 rings (SSSR count). The number of likely N-dealkylation sites (N-methyl/N-ethyl adjacent to an activating group) is 1. The van der Waals surface area contributed by atoms with E-state index < -0.39 is 0 Å². The fourth-order valence-corrected chi connectivity index (χ4v) is 1.65. The molecular weight excluding hydrogens is 258 g/mol. The van der Waals surface area contributed by atoms with Crippen LogP contribution in [0.4, 0.5) is 0 Å². The number of aromatic nitrogens is 3. The van der Waals surface area contributed by atoms with E-state index in [1.54, 1.807) is 7.05 Å². The van der Waals surface area contributed by atoms with Crippen LogP contribution in [0.1, 0.15) is 50.1 Å². The number of H-pyrrole nitrogens is 1. The van der Waals surface area contributed by atoms with E-state index in [9.17, 15) is 9.59 Å². The van der Waals surface area contributed by atoms with Gasteiger partial charge >= 0.3 is 0 Å². The van der Waals surface area contributed by atoms with Gasteiger partial charge in [0.15, 0.2) is 0 Å². The molecule has 0 unspecified atom stereocenters. The third-order valence-electron chi connectivity index (χ3n) is 3.06. The van der Waals surface area contributed by atoms with Crippen molar-refractivity contribution in [3.63, 3.8) is 0 Å². The molecule has 0 bridgehead atoms. The van der Waals surface area contributed by atoms with E-state index in [-0.39, 0.29) is 29.6 Å². The van der Waals surface area contributed by atoms with Gasteiger partial charge in [-0.3, -0.25) is 14.7 Å². The highest BCUT2D eigenvalue weighted by Gasteiger charge is 2.26. The maximum absolute atomic E-state index is 12.1. The van der Waals surface area contributed by atoms with Crippen LogP contribution < -0.4 is 5.32 Å². The highest BCUT2D eigenvalue weighted by molar-refractivity contribution is 5.93. The van der Waals surface area contributed by atoms with Crippen molar-refractivity contribution >= 4 is 11.8 Å². The number of nitrogens with one attached hydrogen (secondary N) is 2. The SMILES string of the molecule is CN(CC(=O)NC1CC1)C(=O)c1n[nH]c(C(C)(C)C)n1. The van der Waals surface area contributed by atoms with Crippen molar-refractivity contribution in [2.24, 2.45) is 0 Å². The highest BCUT2D eigenvalue weighted by atomic mass is 16.2. The summed E-state index contributed by atoms with van der Waals surface area (Å²) in [5.41, 5.74) is -0.201. The average Bonchev–Trinajstić information content (AvgIpc) is 2.99. The first kappa shape index (κ1) is 14.5. The fourth-order valence-electron chi connectivity index (χ4n) is 1.65. The zero-order valence-electron chi connectivity index (χ0n) is 12.4. The molecule has 1 aliphatic carbocycles. The summed E-state index contributed by atoms with van der Waals surface area (Å²) in [6, 6.07) is 0.294. The van der Waals surface area contributed by atoms with Gasteiger partial charge < -0.3 is 10.2 Å². The zero-order valence-corrected chi connectivity index (χ0v) is 12.4. The molecule has 0 atom stereocenters. The number of aromatic amines is 1. The largest absolute Gasteiger partial charge is 0.352 e. The summed E-state index contributed by atoms with van der Waals surface area (Å²) in [6.07, 6.45) is 2.05. The molecule has 0 radical (unpaired) electrons. The summed E-state index contributed by atoms with van der Waals surface area (Å²) in [6.45, 7) is 5.96. The summed E-state index contributed by atoms with van der Waals surface area (Å²) in [4.78, 5) is 29.3. The van der Waals surface area contributed by atoms with Crippen LogP contribution in [0, 0.1) is 0 Å². The Morgan fingerprint density at radius 2 is 2.05 bits per heavy atom. The standard InChI is InChI=1S/C13H21N5O2/c1-13(2,3)12-15-10(16-17-12)11(20)18(4)7-9(19)14-8-5-6-8/h8H,5-7H2,1-4H3,(H,14,19)(H,15,16,17). The molecule has 20 heavy (non-hydrogen) atoms. The predicted octanol–water partition coefficient (Wildman–Crippen LogP) is 0.453. The van der Waals surface area contributed by atoms with Crippen LogP contribution in [-0.2, 0) is 10.2 Å². The second-order valence-electron chi connectivity index (χ2n) is 6.26. The number of carbonyl (C=O) groups is 2. The molecule has 0 saturated heterocycles. The normalized spacial score (nSPS) is 15.0. The van der Waals surface area contributed by atoms with Crippen LogP contribution in [0.2, 0.25) is 0 Å². The van der Waals surface area contributed by atoms with Gasteiger partial charge in [0.25, 0.3) is 5.91 Å². The van der Waals surface area contributed by atoms with E-state index in [2.05, 4.69) is 20.5 Å². The third kappa shape index (κ3) is 3.55. The maximum Gasteiger partial charge on any atom is 0.293 e. The smallest absolute Gasteiger partial charge is 0.293 e. The van der Waals surface area contributed by atoms with Crippen molar-refractivity contribution in [1.82, 2.24) is 25.4 Å². The molecule has 1 fully saturated rings. The van der Waals surface area contributed by atoms with Gasteiger partial charge in [-0.2, -0.15) is 0 Å². The molecule has 2 amide bonds. The summed E-state index contributed by atoms with van der Waals surface area (Å²) in [5, 5.41) is 9.53. The molecule has 0 aliphatic heterocycles. The number of hydrogen-bond donors (Lipinski definition) is 2. The summed E-state index contributed by atoms with van der Waals surface area (Å²) < 4.78 is 0. The topological polar surface area (TPSA) is 91.0 Å². The van der Waals surface area contributed by atoms with Gasteiger partial charge in [-0.25, -0.2) is 4.98 Å². The van der Waals surface area contributed by atoms with Gasteiger partial charge in [0.2, 0.25) is 11.7 Å². The molecular formula is C13H21N5O2. The van der Waals surface area contributed by atoms with Crippen molar-refractivity contribution in [2.75, 3.05) is 13.6 Å². The quantitative estimate of drug-likeness (QED) is 0.837. The molecule has 7 nitrogen and oxygen atoms in total. The van der Waals surface area contributed by atoms with Gasteiger partial charge in [-0.15, -0.1) is 5.10 Å². The Bertz CT molecular complexity index is 513. The predicted molar refractivity (Wildman–Crippen MR) is 73.2 cm³/mol. The Labute approximate surface area is 118 Å². The number of rotatable bonds is 4. The average molecular weight is 279 g/mol. The molecule has 1 saturated carbocycles.